The van der Waals surface area contributed by atoms with Gasteiger partial charge in [0, 0.05) is 0 Å². The third-order valence-electron chi connectivity index (χ3n) is 7.70. The predicted octanol–water partition coefficient (Wildman–Crippen LogP) is 4.05. The summed E-state index contributed by atoms with van der Waals surface area (Å²) in [7, 11) is 11.8. The summed E-state index contributed by atoms with van der Waals surface area (Å²) in [6.07, 6.45) is 10.2. The molecule has 0 aromatic heterocycles. The summed E-state index contributed by atoms with van der Waals surface area (Å²) in [5, 5.41) is 15.0. The molecule has 47 heavy (non-hydrogen) atoms. The summed E-state index contributed by atoms with van der Waals surface area (Å²) in [5.41, 5.74) is 0. The molecule has 2 atom stereocenters. The van der Waals surface area contributed by atoms with Gasteiger partial charge in [-0.05, 0) is 154 Å². The number of hydrogen-bond donors (Lipinski definition) is 3. The molecule has 0 spiro atoms. The van der Waals surface area contributed by atoms with Gasteiger partial charge in [-0.3, -0.25) is 29.0 Å². The second kappa shape index (κ2) is 34.7. The van der Waals surface area contributed by atoms with E-state index in [1.54, 1.807) is 27.8 Å². The number of Topliss-reactive ketones (excluding diaryl/α,β-unsaturated/α-hetero) is 3. The van der Waals surface area contributed by atoms with Crippen LogP contribution in [0.3, 0.4) is 0 Å². The average molecular weight is 714 g/mol. The number of halogens is 2. The van der Waals surface area contributed by atoms with Crippen molar-refractivity contribution in [3.63, 3.8) is 0 Å². The van der Waals surface area contributed by atoms with E-state index in [0.29, 0.717) is 19.5 Å². The van der Waals surface area contributed by atoms with Crippen LogP contribution >= 0.6 is 23.2 Å². The molecule has 0 amide bonds. The normalized spacial score (nSPS) is 12.4. The summed E-state index contributed by atoms with van der Waals surface area (Å²) in [5.74, 6) is -0.109. The number of nitrogens with zero attached hydrogens (tertiary/aromatic N) is 4. The molecular weight excluding hydrogens is 643 g/mol. The molecule has 13 heteroatoms. The molecule has 0 rings (SSSR count). The van der Waals surface area contributed by atoms with Crippen molar-refractivity contribution in [3.8, 4) is 0 Å². The topological polar surface area (TPSA) is 126 Å². The summed E-state index contributed by atoms with van der Waals surface area (Å²) in [6, 6.07) is -0.413. The maximum atomic E-state index is 11.3. The summed E-state index contributed by atoms with van der Waals surface area (Å²) >= 11 is 9.53. The first kappa shape index (κ1) is 50.2. The van der Waals surface area contributed by atoms with Gasteiger partial charge in [0.25, 0.3) is 0 Å². The van der Waals surface area contributed by atoms with Crippen LogP contribution in [-0.2, 0) is 19.2 Å². The van der Waals surface area contributed by atoms with E-state index in [-0.39, 0.29) is 28.7 Å². The van der Waals surface area contributed by atoms with Crippen molar-refractivity contribution in [1.29, 1.82) is 0 Å². The molecular formula is C34H70Cl2N6O5. The molecule has 0 fully saturated rings. The fourth-order valence-corrected chi connectivity index (χ4v) is 5.07. The second-order valence-corrected chi connectivity index (χ2v) is 13.4. The van der Waals surface area contributed by atoms with Gasteiger partial charge in [-0.1, -0.05) is 12.8 Å². The molecule has 0 aliphatic rings. The molecule has 0 aliphatic carbocycles. The first-order valence-corrected chi connectivity index (χ1v) is 18.1. The van der Waals surface area contributed by atoms with E-state index in [9.17, 15) is 19.2 Å². The molecule has 0 saturated heterocycles. The number of alkyl halides is 2. The van der Waals surface area contributed by atoms with Crippen LogP contribution in [0.25, 0.3) is 0 Å². The van der Waals surface area contributed by atoms with E-state index < -0.39 is 12.0 Å². The van der Waals surface area contributed by atoms with Gasteiger partial charge in [0.15, 0.2) is 0 Å². The van der Waals surface area contributed by atoms with Crippen molar-refractivity contribution in [3.05, 3.63) is 0 Å². The van der Waals surface area contributed by atoms with Crippen molar-refractivity contribution >= 4 is 46.5 Å². The highest BCUT2D eigenvalue weighted by Crippen LogP contribution is 2.05. The van der Waals surface area contributed by atoms with Crippen molar-refractivity contribution in [2.45, 2.75) is 97.1 Å². The van der Waals surface area contributed by atoms with Crippen LogP contribution in [0.2, 0.25) is 0 Å². The number of carbonyl (C=O) groups is 4. The molecule has 0 heterocycles. The maximum Gasteiger partial charge on any atom is 0.320 e. The molecule has 3 N–H and O–H groups in total. The zero-order valence-electron chi connectivity index (χ0n) is 31.2. The van der Waals surface area contributed by atoms with Gasteiger partial charge in [0.1, 0.15) is 23.4 Å². The zero-order valence-corrected chi connectivity index (χ0v) is 32.7. The number of carboxylic acids is 1. The molecule has 0 radical (unpaired) electrons. The van der Waals surface area contributed by atoms with Gasteiger partial charge in [0.05, 0.1) is 24.5 Å². The lowest BCUT2D eigenvalue weighted by Gasteiger charge is -2.19. The highest BCUT2D eigenvalue weighted by molar-refractivity contribution is 6.40. The number of aliphatic carboxylic acids is 1. The van der Waals surface area contributed by atoms with Crippen molar-refractivity contribution in [2.24, 2.45) is 0 Å². The third kappa shape index (κ3) is 37.5. The van der Waals surface area contributed by atoms with Gasteiger partial charge >= 0.3 is 5.97 Å². The van der Waals surface area contributed by atoms with Crippen LogP contribution < -0.4 is 10.6 Å². The Morgan fingerprint density at radius 3 is 1.09 bits per heavy atom. The second-order valence-electron chi connectivity index (χ2n) is 12.6. The number of ketones is 3. The zero-order chi connectivity index (χ0) is 36.6. The molecule has 280 valence electrons. The Balaban J connectivity index is -0.000000759. The lowest BCUT2D eigenvalue weighted by Crippen LogP contribution is -2.33. The predicted molar refractivity (Wildman–Crippen MR) is 198 cm³/mol. The van der Waals surface area contributed by atoms with Crippen LogP contribution in [0.1, 0.15) is 85.0 Å². The Kier molecular flexibility index (Phi) is 37.0. The van der Waals surface area contributed by atoms with E-state index in [2.05, 4.69) is 44.3 Å². The Bertz CT molecular complexity index is 734. The third-order valence-corrected chi connectivity index (χ3v) is 7.70. The minimum Gasteiger partial charge on any atom is -0.480 e. The molecule has 2 unspecified atom stereocenters. The lowest BCUT2D eigenvalue weighted by atomic mass is 10.1. The van der Waals surface area contributed by atoms with Gasteiger partial charge in [-0.2, -0.15) is 0 Å². The fraction of sp³-hybridized carbons (Fsp3) is 0.882. The quantitative estimate of drug-likeness (QED) is 0.0804. The summed E-state index contributed by atoms with van der Waals surface area (Å²) in [6.45, 7) is 12.1. The number of carbonyl (C=O) groups excluding carboxylic acids is 3. The van der Waals surface area contributed by atoms with Crippen LogP contribution in [0.15, 0.2) is 0 Å². The van der Waals surface area contributed by atoms with E-state index in [4.69, 9.17) is 28.3 Å². The van der Waals surface area contributed by atoms with Gasteiger partial charge in [-0.25, -0.2) is 0 Å². The number of unbranched alkanes of at least 4 members (excludes halogenated alkanes) is 4. The minimum absolute atomic E-state index is 0.0159. The van der Waals surface area contributed by atoms with Crippen LogP contribution in [0, 0.1) is 0 Å². The summed E-state index contributed by atoms with van der Waals surface area (Å²) in [4.78, 5) is 52.9. The maximum absolute atomic E-state index is 11.3. The van der Waals surface area contributed by atoms with Gasteiger partial charge < -0.3 is 25.5 Å². The lowest BCUT2D eigenvalue weighted by molar-refractivity contribution is -0.139. The largest absolute Gasteiger partial charge is 0.480 e. The highest BCUT2D eigenvalue weighted by atomic mass is 35.5. The molecule has 11 nitrogen and oxygen atoms in total. The molecule has 0 saturated carbocycles. The number of rotatable bonds is 28. The molecule has 0 aliphatic heterocycles. The Morgan fingerprint density at radius 2 is 0.830 bits per heavy atom. The fourth-order valence-electron chi connectivity index (χ4n) is 5.07. The number of hydrogen-bond acceptors (Lipinski definition) is 10. The van der Waals surface area contributed by atoms with Gasteiger partial charge in [-0.15, -0.1) is 23.2 Å². The van der Waals surface area contributed by atoms with Crippen molar-refractivity contribution in [2.75, 3.05) is 100.0 Å². The Labute approximate surface area is 297 Å². The molecule has 0 bridgehead atoms. The van der Waals surface area contributed by atoms with Gasteiger partial charge in [0.2, 0.25) is 0 Å². The van der Waals surface area contributed by atoms with Crippen LogP contribution in [0.5, 0.6) is 0 Å². The SMILES string of the molecule is CNC(CCCCN(C)CCCCN(C)CC(C)=O)C(=O)O.CNC(CCCCN(C)CCCCN(C)CC(C)=O)C(C)=O.ClCCl. The smallest absolute Gasteiger partial charge is 0.320 e. The minimum atomic E-state index is -0.773. The average Bonchev–Trinajstić information content (AvgIpc) is 2.97. The monoisotopic (exact) mass is 712 g/mol. The molecule has 0 aromatic carbocycles. The Morgan fingerprint density at radius 1 is 0.553 bits per heavy atom. The van der Waals surface area contributed by atoms with Crippen LogP contribution in [0.4, 0.5) is 0 Å². The van der Waals surface area contributed by atoms with Crippen molar-refractivity contribution < 1.29 is 24.3 Å². The first-order chi connectivity index (χ1) is 22.1. The van der Waals surface area contributed by atoms with Crippen LogP contribution in [-0.4, -0.2) is 160 Å². The number of likely N-dealkylation sites (N-methyl/N-ethyl adjacent to an activating group) is 4. The number of carboxylic acid groups (broad SMARTS) is 1. The standard InChI is InChI=1S/C17H35N3O2.C16H33N3O3.CH2Cl2/c1-15(21)14-20(5)13-9-8-12-19(4)11-7-6-10-17(18-3)16(2)22;1-14(20)13-19(4)12-8-7-11-18(3)10-6-5-9-15(17-2)16(21)22;2-1-3/h17-18H,6-14H2,1-5H3;15,17H,5-13H2,1-4H3,(H,21,22);1H2. The number of nitrogens with one attached hydrogen (secondary N) is 2. The summed E-state index contributed by atoms with van der Waals surface area (Å²) < 4.78 is 0. The molecule has 0 aromatic rings. The first-order valence-electron chi connectivity index (χ1n) is 17.1. The van der Waals surface area contributed by atoms with E-state index in [1.165, 1.54) is 0 Å². The van der Waals surface area contributed by atoms with E-state index in [0.717, 1.165) is 97.1 Å². The van der Waals surface area contributed by atoms with E-state index in [1.807, 2.05) is 21.1 Å². The Hall–Kier alpha value is -1.18. The van der Waals surface area contributed by atoms with E-state index >= 15 is 0 Å². The van der Waals surface area contributed by atoms with Crippen molar-refractivity contribution in [1.82, 2.24) is 30.2 Å². The highest BCUT2D eigenvalue weighted by Gasteiger charge is 2.14.